The number of rotatable bonds is 4. The molecule has 2 N–H and O–H groups in total. The summed E-state index contributed by atoms with van der Waals surface area (Å²) in [4.78, 5) is 7.13. The normalized spacial score (nSPS) is 33.9. The monoisotopic (exact) mass is 512 g/mol. The van der Waals surface area contributed by atoms with E-state index in [1.807, 2.05) is 7.05 Å². The first-order chi connectivity index (χ1) is 13.5. The first-order valence-corrected chi connectivity index (χ1v) is 10.9. The number of aliphatic imine (C=N–C) groups is 1. The fourth-order valence-corrected chi connectivity index (χ4v) is 5.53. The summed E-state index contributed by atoms with van der Waals surface area (Å²) in [6.45, 7) is 10.0. The molecule has 1 aromatic carbocycles. The van der Waals surface area contributed by atoms with Gasteiger partial charge in [0.1, 0.15) is 0 Å². The van der Waals surface area contributed by atoms with Crippen LogP contribution in [0.5, 0.6) is 0 Å². The lowest BCUT2D eigenvalue weighted by molar-refractivity contribution is -0.106. The molecule has 0 radical (unpaired) electrons. The fourth-order valence-electron chi connectivity index (χ4n) is 5.53. The molecular weight excluding hydrogens is 475 g/mol. The van der Waals surface area contributed by atoms with Crippen LogP contribution in [0.25, 0.3) is 0 Å². The number of fused-ring (bicyclic) bond motifs is 1. The Balaban J connectivity index is 0.00000240. The standard InChI is InChI=1S/C23H36N4O.HI/c1-16-14-18(10-12-27(16)15-17-8-6-5-7-9-17)25-22(24-4)26-20-19-11-13-28-21(19)23(20,2)3;/h5-9,16,18-21H,10-15H2,1-4H3,(H2,24,25,26);1H. The summed E-state index contributed by atoms with van der Waals surface area (Å²) in [6.07, 6.45) is 3.87. The van der Waals surface area contributed by atoms with Crippen molar-refractivity contribution in [2.75, 3.05) is 20.2 Å². The number of likely N-dealkylation sites (tertiary alicyclic amines) is 1. The zero-order chi connectivity index (χ0) is 19.7. The predicted octanol–water partition coefficient (Wildman–Crippen LogP) is 3.64. The maximum atomic E-state index is 5.93. The quantitative estimate of drug-likeness (QED) is 0.368. The number of hydrogen-bond acceptors (Lipinski definition) is 3. The molecule has 2 aliphatic heterocycles. The number of nitrogens with one attached hydrogen (secondary N) is 2. The number of nitrogens with zero attached hydrogens (tertiary/aromatic N) is 2. The summed E-state index contributed by atoms with van der Waals surface area (Å²) in [7, 11) is 1.89. The number of piperidine rings is 1. The fraction of sp³-hybridized carbons (Fsp3) is 0.696. The van der Waals surface area contributed by atoms with Crippen LogP contribution < -0.4 is 10.6 Å². The SMILES string of the molecule is CN=C(NC1CCN(Cc2ccccc2)C(C)C1)NC1C2CCOC2C1(C)C.I. The molecule has 5 atom stereocenters. The second-order valence-corrected chi connectivity index (χ2v) is 9.43. The lowest BCUT2D eigenvalue weighted by atomic mass is 9.57. The van der Waals surface area contributed by atoms with Crippen molar-refractivity contribution in [2.24, 2.45) is 16.3 Å². The first-order valence-electron chi connectivity index (χ1n) is 10.9. The van der Waals surface area contributed by atoms with Crippen molar-refractivity contribution < 1.29 is 4.74 Å². The van der Waals surface area contributed by atoms with Gasteiger partial charge in [-0.05, 0) is 31.7 Å². The first kappa shape index (κ1) is 22.8. The highest BCUT2D eigenvalue weighted by molar-refractivity contribution is 14.0. The van der Waals surface area contributed by atoms with E-state index >= 15 is 0 Å². The van der Waals surface area contributed by atoms with E-state index in [0.717, 1.165) is 44.9 Å². The Kier molecular flexibility index (Phi) is 7.49. The van der Waals surface area contributed by atoms with E-state index < -0.39 is 0 Å². The number of benzene rings is 1. The smallest absolute Gasteiger partial charge is 0.191 e. The third-order valence-corrected chi connectivity index (χ3v) is 7.20. The third-order valence-electron chi connectivity index (χ3n) is 7.20. The van der Waals surface area contributed by atoms with Crippen LogP contribution in [0.4, 0.5) is 0 Å². The molecule has 1 saturated carbocycles. The van der Waals surface area contributed by atoms with Crippen molar-refractivity contribution in [1.29, 1.82) is 0 Å². The summed E-state index contributed by atoms with van der Waals surface area (Å²) in [6, 6.07) is 12.3. The van der Waals surface area contributed by atoms with E-state index in [0.29, 0.717) is 30.1 Å². The zero-order valence-corrected chi connectivity index (χ0v) is 20.6. The van der Waals surface area contributed by atoms with Crippen LogP contribution in [-0.2, 0) is 11.3 Å². The van der Waals surface area contributed by atoms with Crippen molar-refractivity contribution in [3.63, 3.8) is 0 Å². The van der Waals surface area contributed by atoms with Crippen LogP contribution >= 0.6 is 24.0 Å². The van der Waals surface area contributed by atoms with Crippen LogP contribution in [0.15, 0.2) is 35.3 Å². The van der Waals surface area contributed by atoms with Gasteiger partial charge in [-0.2, -0.15) is 0 Å². The van der Waals surface area contributed by atoms with Gasteiger partial charge in [0.15, 0.2) is 5.96 Å². The van der Waals surface area contributed by atoms with E-state index in [4.69, 9.17) is 4.74 Å². The molecule has 0 amide bonds. The van der Waals surface area contributed by atoms with Gasteiger partial charge in [-0.25, -0.2) is 0 Å². The minimum Gasteiger partial charge on any atom is -0.377 e. The summed E-state index contributed by atoms with van der Waals surface area (Å²) in [5.41, 5.74) is 1.57. The Hall–Kier alpha value is -0.860. The Morgan fingerprint density at radius 1 is 1.21 bits per heavy atom. The zero-order valence-electron chi connectivity index (χ0n) is 18.2. The van der Waals surface area contributed by atoms with Gasteiger partial charge < -0.3 is 15.4 Å². The molecule has 0 aromatic heterocycles. The second-order valence-electron chi connectivity index (χ2n) is 9.43. The van der Waals surface area contributed by atoms with Crippen molar-refractivity contribution in [2.45, 2.75) is 70.8 Å². The van der Waals surface area contributed by atoms with E-state index in [2.05, 4.69) is 71.6 Å². The molecule has 162 valence electrons. The molecule has 6 heteroatoms. The van der Waals surface area contributed by atoms with Gasteiger partial charge in [0.05, 0.1) is 6.10 Å². The number of guanidine groups is 1. The van der Waals surface area contributed by atoms with E-state index in [1.165, 1.54) is 5.56 Å². The second kappa shape index (κ2) is 9.52. The highest BCUT2D eigenvalue weighted by atomic mass is 127. The number of ether oxygens (including phenoxy) is 1. The van der Waals surface area contributed by atoms with E-state index in [-0.39, 0.29) is 29.4 Å². The lowest BCUT2D eigenvalue weighted by Gasteiger charge is -2.55. The molecule has 4 rings (SSSR count). The van der Waals surface area contributed by atoms with Gasteiger partial charge >= 0.3 is 0 Å². The average molecular weight is 512 g/mol. The largest absolute Gasteiger partial charge is 0.377 e. The van der Waals surface area contributed by atoms with Crippen molar-refractivity contribution >= 4 is 29.9 Å². The maximum absolute atomic E-state index is 5.93. The molecule has 29 heavy (non-hydrogen) atoms. The molecule has 5 nitrogen and oxygen atoms in total. The molecule has 1 aliphatic carbocycles. The predicted molar refractivity (Wildman–Crippen MR) is 130 cm³/mol. The Morgan fingerprint density at radius 2 is 1.97 bits per heavy atom. The maximum Gasteiger partial charge on any atom is 0.191 e. The lowest BCUT2D eigenvalue weighted by Crippen LogP contribution is -2.68. The average Bonchev–Trinajstić information content (AvgIpc) is 3.15. The van der Waals surface area contributed by atoms with Gasteiger partial charge in [0.2, 0.25) is 0 Å². The Labute approximate surface area is 193 Å². The van der Waals surface area contributed by atoms with Gasteiger partial charge in [0.25, 0.3) is 0 Å². The van der Waals surface area contributed by atoms with Crippen LogP contribution in [0.3, 0.4) is 0 Å². The summed E-state index contributed by atoms with van der Waals surface area (Å²) in [5.74, 6) is 1.58. The summed E-state index contributed by atoms with van der Waals surface area (Å²) >= 11 is 0. The van der Waals surface area contributed by atoms with Crippen LogP contribution in [0.1, 0.15) is 45.6 Å². The number of hydrogen-bond donors (Lipinski definition) is 2. The Morgan fingerprint density at radius 3 is 2.66 bits per heavy atom. The molecule has 0 bridgehead atoms. The third kappa shape index (κ3) is 4.74. The summed E-state index contributed by atoms with van der Waals surface area (Å²) < 4.78 is 5.93. The van der Waals surface area contributed by atoms with E-state index in [9.17, 15) is 0 Å². The van der Waals surface area contributed by atoms with Gasteiger partial charge in [-0.3, -0.25) is 9.89 Å². The van der Waals surface area contributed by atoms with Crippen LogP contribution in [0, 0.1) is 11.3 Å². The number of halogens is 1. The highest BCUT2D eigenvalue weighted by Gasteiger charge is 2.59. The molecule has 0 spiro atoms. The molecule has 2 heterocycles. The van der Waals surface area contributed by atoms with Crippen LogP contribution in [0.2, 0.25) is 0 Å². The molecule has 2 saturated heterocycles. The van der Waals surface area contributed by atoms with E-state index in [1.54, 1.807) is 0 Å². The van der Waals surface area contributed by atoms with Gasteiger partial charge in [-0.1, -0.05) is 44.2 Å². The van der Waals surface area contributed by atoms with Gasteiger partial charge in [0, 0.05) is 56.2 Å². The minimum absolute atomic E-state index is 0. The van der Waals surface area contributed by atoms with Crippen molar-refractivity contribution in [1.82, 2.24) is 15.5 Å². The highest BCUT2D eigenvalue weighted by Crippen LogP contribution is 2.52. The van der Waals surface area contributed by atoms with Gasteiger partial charge in [-0.15, -0.1) is 24.0 Å². The summed E-state index contributed by atoms with van der Waals surface area (Å²) in [5, 5.41) is 7.43. The molecule has 1 aromatic rings. The van der Waals surface area contributed by atoms with Crippen molar-refractivity contribution in [3.8, 4) is 0 Å². The molecule has 5 unspecified atom stereocenters. The van der Waals surface area contributed by atoms with Crippen molar-refractivity contribution in [3.05, 3.63) is 35.9 Å². The minimum atomic E-state index is 0. The molecule has 3 fully saturated rings. The molecule has 3 aliphatic rings. The molecular formula is C23H37IN4O. The topological polar surface area (TPSA) is 48.9 Å². The van der Waals surface area contributed by atoms with Crippen LogP contribution in [-0.4, -0.2) is 55.3 Å². The Bertz CT molecular complexity index is 695.